The summed E-state index contributed by atoms with van der Waals surface area (Å²) in [4.78, 5) is 3.06. The Labute approximate surface area is 65.1 Å². The number of hydrogen-bond acceptors (Lipinski definition) is 1. The lowest BCUT2D eigenvalue weighted by Crippen LogP contribution is -2.13. The Hall–Kier alpha value is -1.22. The van der Waals surface area contributed by atoms with Crippen molar-refractivity contribution in [2.75, 3.05) is 0 Å². The van der Waals surface area contributed by atoms with E-state index in [1.165, 1.54) is 0 Å². The molecule has 2 aromatic rings. The summed E-state index contributed by atoms with van der Waals surface area (Å²) < 4.78 is 0. The average Bonchev–Trinajstić information content (AvgIpc) is 2.50. The number of H-pyrrole nitrogens is 1. The fraction of sp³-hybridized carbons (Fsp3) is 0. The number of rotatable bonds is 1. The lowest BCUT2D eigenvalue weighted by Gasteiger charge is -1.94. The molecule has 0 saturated heterocycles. The summed E-state index contributed by atoms with van der Waals surface area (Å²) in [5.74, 6) is 0. The average molecular weight is 144 g/mol. The van der Waals surface area contributed by atoms with E-state index in [1.54, 1.807) is 0 Å². The van der Waals surface area contributed by atoms with Gasteiger partial charge in [-0.15, -0.1) is 0 Å². The van der Waals surface area contributed by atoms with Gasteiger partial charge in [0.1, 0.15) is 0 Å². The molecule has 0 unspecified atom stereocenters. The van der Waals surface area contributed by atoms with Gasteiger partial charge in [-0.05, 0) is 23.0 Å². The Bertz CT molecular complexity index is 369. The second-order valence-corrected chi connectivity index (χ2v) is 2.42. The van der Waals surface area contributed by atoms with Gasteiger partial charge >= 0.3 is 7.48 Å². The summed E-state index contributed by atoms with van der Waals surface area (Å²) in [5, 5.41) is 9.87. The molecule has 1 radical (unpaired) electrons. The molecule has 2 rings (SSSR count). The molecule has 0 spiro atoms. The van der Waals surface area contributed by atoms with E-state index in [4.69, 9.17) is 5.02 Å². The molecule has 3 heteroatoms. The van der Waals surface area contributed by atoms with Crippen molar-refractivity contribution in [3.05, 3.63) is 30.5 Å². The molecule has 2 N–H and O–H groups in total. The molecule has 0 fully saturated rings. The van der Waals surface area contributed by atoms with Gasteiger partial charge in [-0.1, -0.05) is 12.1 Å². The number of benzene rings is 1. The van der Waals surface area contributed by atoms with E-state index >= 15 is 0 Å². The van der Waals surface area contributed by atoms with Crippen molar-refractivity contribution >= 4 is 23.8 Å². The quantitative estimate of drug-likeness (QED) is 0.558. The van der Waals surface area contributed by atoms with Crippen LogP contribution in [0.4, 0.5) is 0 Å². The monoisotopic (exact) mass is 144 g/mol. The second kappa shape index (κ2) is 2.44. The van der Waals surface area contributed by atoms with Crippen molar-refractivity contribution in [3.63, 3.8) is 0 Å². The number of fused-ring (bicyclic) bond motifs is 1. The number of hydrogen-bond donors (Lipinski definition) is 2. The molecule has 0 aliphatic carbocycles. The first-order chi connectivity index (χ1) is 5.42. The smallest absolute Gasteiger partial charge is 0.327 e. The van der Waals surface area contributed by atoms with Crippen LogP contribution in [0, 0.1) is 0 Å². The van der Waals surface area contributed by atoms with Crippen molar-refractivity contribution in [1.82, 2.24) is 4.98 Å². The molecule has 0 bridgehead atoms. The maximum Gasteiger partial charge on any atom is 0.327 e. The van der Waals surface area contributed by atoms with E-state index < -0.39 is 0 Å². The van der Waals surface area contributed by atoms with Gasteiger partial charge in [-0.2, -0.15) is 0 Å². The van der Waals surface area contributed by atoms with Crippen molar-refractivity contribution < 1.29 is 5.02 Å². The van der Waals surface area contributed by atoms with Crippen LogP contribution in [0.5, 0.6) is 0 Å². The highest BCUT2D eigenvalue weighted by atomic mass is 16.2. The van der Waals surface area contributed by atoms with Crippen LogP contribution in [-0.2, 0) is 0 Å². The summed E-state index contributed by atoms with van der Waals surface area (Å²) in [6, 6.07) is 7.69. The van der Waals surface area contributed by atoms with Gasteiger partial charge in [0.15, 0.2) is 0 Å². The zero-order chi connectivity index (χ0) is 7.68. The summed E-state index contributed by atoms with van der Waals surface area (Å²) in [5.41, 5.74) is 1.90. The zero-order valence-electron chi connectivity index (χ0n) is 5.91. The van der Waals surface area contributed by atoms with Crippen LogP contribution in [0.2, 0.25) is 0 Å². The van der Waals surface area contributed by atoms with E-state index in [0.29, 0.717) is 0 Å². The van der Waals surface area contributed by atoms with Crippen LogP contribution in [-0.4, -0.2) is 17.5 Å². The molecule has 1 heterocycles. The molecule has 1 aromatic carbocycles. The summed E-state index contributed by atoms with van der Waals surface area (Å²) >= 11 is 0. The molecular formula is C8H7BNO. The zero-order valence-corrected chi connectivity index (χ0v) is 5.91. The first-order valence-corrected chi connectivity index (χ1v) is 3.45. The van der Waals surface area contributed by atoms with Gasteiger partial charge in [-0.3, -0.25) is 0 Å². The van der Waals surface area contributed by atoms with Gasteiger partial charge in [-0.25, -0.2) is 0 Å². The topological polar surface area (TPSA) is 36.0 Å². The lowest BCUT2D eigenvalue weighted by atomic mass is 9.86. The number of aromatic nitrogens is 1. The van der Waals surface area contributed by atoms with E-state index in [-0.39, 0.29) is 0 Å². The molecule has 0 amide bonds. The minimum absolute atomic E-state index is 0.851. The molecule has 1 aromatic heterocycles. The van der Waals surface area contributed by atoms with Gasteiger partial charge in [0, 0.05) is 11.7 Å². The third-order valence-corrected chi connectivity index (χ3v) is 1.77. The maximum absolute atomic E-state index is 8.82. The van der Waals surface area contributed by atoms with Crippen LogP contribution in [0.25, 0.3) is 10.9 Å². The van der Waals surface area contributed by atoms with E-state index in [9.17, 15) is 0 Å². The normalized spacial score (nSPS) is 10.3. The molecule has 2 nitrogen and oxygen atoms in total. The fourth-order valence-corrected chi connectivity index (χ4v) is 1.22. The SMILES string of the molecule is O[B]c1cccc2[nH]ccc12. The van der Waals surface area contributed by atoms with Crippen molar-refractivity contribution in [2.24, 2.45) is 0 Å². The minimum Gasteiger partial charge on any atom is -0.450 e. The van der Waals surface area contributed by atoms with Crippen molar-refractivity contribution in [2.45, 2.75) is 0 Å². The summed E-state index contributed by atoms with van der Waals surface area (Å²) in [7, 11) is 1.12. The Kier molecular flexibility index (Phi) is 1.44. The highest BCUT2D eigenvalue weighted by Crippen LogP contribution is 2.07. The fourth-order valence-electron chi connectivity index (χ4n) is 1.22. The standard InChI is InChI=1S/C8H7BNO/c11-9-7-2-1-3-8-6(7)4-5-10-8/h1-5,10-11H. The van der Waals surface area contributed by atoms with Gasteiger partial charge in [0.25, 0.3) is 0 Å². The molecular weight excluding hydrogens is 137 g/mol. The molecule has 53 valence electrons. The first kappa shape index (κ1) is 6.49. The molecule has 0 aliphatic rings. The second-order valence-electron chi connectivity index (χ2n) is 2.42. The highest BCUT2D eigenvalue weighted by Gasteiger charge is 1.99. The Morgan fingerprint density at radius 2 is 2.18 bits per heavy atom. The van der Waals surface area contributed by atoms with Crippen LogP contribution in [0.1, 0.15) is 0 Å². The van der Waals surface area contributed by atoms with Gasteiger partial charge in [0.2, 0.25) is 0 Å². The number of aromatic amines is 1. The third kappa shape index (κ3) is 0.936. The first-order valence-electron chi connectivity index (χ1n) is 3.45. The largest absolute Gasteiger partial charge is 0.450 e. The Morgan fingerprint density at radius 1 is 1.27 bits per heavy atom. The Morgan fingerprint density at radius 3 is 3.00 bits per heavy atom. The predicted octanol–water partition coefficient (Wildman–Crippen LogP) is 0.405. The van der Waals surface area contributed by atoms with Crippen LogP contribution < -0.4 is 5.46 Å². The number of nitrogens with one attached hydrogen (secondary N) is 1. The molecule has 0 aliphatic heterocycles. The lowest BCUT2D eigenvalue weighted by molar-refractivity contribution is 0.616. The van der Waals surface area contributed by atoms with E-state index in [1.807, 2.05) is 30.5 Å². The highest BCUT2D eigenvalue weighted by molar-refractivity contribution is 6.49. The van der Waals surface area contributed by atoms with Crippen LogP contribution in [0.15, 0.2) is 30.5 Å². The van der Waals surface area contributed by atoms with Gasteiger partial charge in [0.05, 0.1) is 0 Å². The summed E-state index contributed by atoms with van der Waals surface area (Å²) in [6.45, 7) is 0. The van der Waals surface area contributed by atoms with Crippen molar-refractivity contribution in [1.29, 1.82) is 0 Å². The van der Waals surface area contributed by atoms with E-state index in [0.717, 1.165) is 23.8 Å². The van der Waals surface area contributed by atoms with Gasteiger partial charge < -0.3 is 10.0 Å². The maximum atomic E-state index is 8.82. The molecule has 0 saturated carbocycles. The van der Waals surface area contributed by atoms with Crippen LogP contribution >= 0.6 is 0 Å². The minimum atomic E-state index is 0.851. The predicted molar refractivity (Wildman–Crippen MR) is 45.9 cm³/mol. The summed E-state index contributed by atoms with van der Waals surface area (Å²) in [6.07, 6.45) is 1.86. The van der Waals surface area contributed by atoms with Crippen LogP contribution in [0.3, 0.4) is 0 Å². The third-order valence-electron chi connectivity index (χ3n) is 1.77. The molecule has 0 atom stereocenters. The van der Waals surface area contributed by atoms with E-state index in [2.05, 4.69) is 4.98 Å². The Balaban J connectivity index is 2.79. The molecule has 11 heavy (non-hydrogen) atoms. The van der Waals surface area contributed by atoms with Crippen molar-refractivity contribution in [3.8, 4) is 0 Å².